The van der Waals surface area contributed by atoms with Crippen molar-refractivity contribution in [2.24, 2.45) is 5.73 Å². The molecular formula is C17H34N4O. The van der Waals surface area contributed by atoms with E-state index in [0.29, 0.717) is 6.42 Å². The molecule has 0 aromatic heterocycles. The van der Waals surface area contributed by atoms with Crippen molar-refractivity contribution in [1.82, 2.24) is 14.7 Å². The van der Waals surface area contributed by atoms with Crippen LogP contribution in [0, 0.1) is 0 Å². The number of likely N-dealkylation sites (tertiary alicyclic amines) is 1. The van der Waals surface area contributed by atoms with Gasteiger partial charge in [-0.2, -0.15) is 0 Å². The van der Waals surface area contributed by atoms with Gasteiger partial charge in [0.15, 0.2) is 0 Å². The molecule has 2 heterocycles. The number of hydrogen-bond donors (Lipinski definition) is 1. The van der Waals surface area contributed by atoms with E-state index in [4.69, 9.17) is 5.73 Å². The number of amides is 1. The van der Waals surface area contributed by atoms with Crippen molar-refractivity contribution < 1.29 is 4.79 Å². The maximum Gasteiger partial charge on any atom is 0.222 e. The summed E-state index contributed by atoms with van der Waals surface area (Å²) in [5, 5.41) is 0. The van der Waals surface area contributed by atoms with Crippen LogP contribution in [0.2, 0.25) is 0 Å². The molecule has 2 N–H and O–H groups in total. The first-order valence-electron chi connectivity index (χ1n) is 8.99. The van der Waals surface area contributed by atoms with E-state index in [-0.39, 0.29) is 11.9 Å². The first kappa shape index (κ1) is 17.7. The third kappa shape index (κ3) is 4.93. The van der Waals surface area contributed by atoms with Crippen LogP contribution < -0.4 is 5.73 Å². The molecule has 5 heteroatoms. The normalized spacial score (nSPS) is 29.0. The molecule has 0 aromatic rings. The molecule has 22 heavy (non-hydrogen) atoms. The quantitative estimate of drug-likeness (QED) is 0.799. The Hall–Kier alpha value is -0.650. The Morgan fingerprint density at radius 2 is 1.68 bits per heavy atom. The molecule has 2 aliphatic heterocycles. The van der Waals surface area contributed by atoms with Crippen molar-refractivity contribution in [3.63, 3.8) is 0 Å². The fraction of sp³-hybridized carbons (Fsp3) is 0.941. The van der Waals surface area contributed by atoms with Crippen LogP contribution in [0.3, 0.4) is 0 Å². The van der Waals surface area contributed by atoms with Gasteiger partial charge in [-0.05, 0) is 40.0 Å². The number of nitrogens with two attached hydrogens (primary N) is 1. The van der Waals surface area contributed by atoms with Gasteiger partial charge in [-0.3, -0.25) is 14.6 Å². The number of carbonyl (C=O) groups excluding carboxylic acids is 1. The third-order valence-electron chi connectivity index (χ3n) is 5.35. The van der Waals surface area contributed by atoms with E-state index < -0.39 is 0 Å². The first-order valence-corrected chi connectivity index (χ1v) is 8.99. The average molecular weight is 310 g/mol. The molecule has 0 radical (unpaired) electrons. The van der Waals surface area contributed by atoms with Crippen molar-refractivity contribution >= 4 is 5.91 Å². The maximum absolute atomic E-state index is 12.1. The minimum absolute atomic E-state index is 0.120. The molecule has 3 atom stereocenters. The Kier molecular flexibility index (Phi) is 6.66. The Labute approximate surface area is 135 Å². The van der Waals surface area contributed by atoms with E-state index in [9.17, 15) is 4.79 Å². The highest BCUT2D eigenvalue weighted by Gasteiger charge is 2.28. The van der Waals surface area contributed by atoms with Gasteiger partial charge in [0.25, 0.3) is 0 Å². The Morgan fingerprint density at radius 1 is 1.09 bits per heavy atom. The van der Waals surface area contributed by atoms with Gasteiger partial charge in [-0.1, -0.05) is 0 Å². The van der Waals surface area contributed by atoms with Gasteiger partial charge < -0.3 is 10.6 Å². The molecule has 1 amide bonds. The molecule has 3 unspecified atom stereocenters. The lowest BCUT2D eigenvalue weighted by Gasteiger charge is -2.36. The zero-order valence-corrected chi connectivity index (χ0v) is 14.6. The molecule has 2 rings (SSSR count). The summed E-state index contributed by atoms with van der Waals surface area (Å²) in [4.78, 5) is 19.3. The summed E-state index contributed by atoms with van der Waals surface area (Å²) in [6, 6.07) is 1.59. The van der Waals surface area contributed by atoms with E-state index in [2.05, 4.69) is 23.6 Å². The molecule has 5 nitrogen and oxygen atoms in total. The van der Waals surface area contributed by atoms with Crippen molar-refractivity contribution in [1.29, 1.82) is 0 Å². The topological polar surface area (TPSA) is 52.8 Å². The van der Waals surface area contributed by atoms with Crippen molar-refractivity contribution in [2.75, 3.05) is 39.3 Å². The van der Waals surface area contributed by atoms with Crippen LogP contribution in [0.4, 0.5) is 0 Å². The maximum atomic E-state index is 12.1. The van der Waals surface area contributed by atoms with Gasteiger partial charge in [0.05, 0.1) is 0 Å². The standard InChI is InChI=1S/C17H34N4O/c1-14(18)4-7-17(22)20-11-8-19(9-12-20)10-13-21-15(2)5-6-16(21)3/h14-16H,4-13,18H2,1-3H3. The van der Waals surface area contributed by atoms with Crippen LogP contribution in [0.5, 0.6) is 0 Å². The van der Waals surface area contributed by atoms with E-state index >= 15 is 0 Å². The smallest absolute Gasteiger partial charge is 0.222 e. The molecular weight excluding hydrogens is 276 g/mol. The molecule has 2 aliphatic rings. The molecule has 2 saturated heterocycles. The van der Waals surface area contributed by atoms with Crippen LogP contribution in [-0.2, 0) is 4.79 Å². The number of carbonyl (C=O) groups is 1. The molecule has 0 spiro atoms. The number of piperazine rings is 1. The molecule has 2 fully saturated rings. The summed E-state index contributed by atoms with van der Waals surface area (Å²) in [6.07, 6.45) is 4.07. The zero-order chi connectivity index (χ0) is 16.1. The van der Waals surface area contributed by atoms with Crippen LogP contribution in [0.1, 0.15) is 46.5 Å². The predicted molar refractivity (Wildman–Crippen MR) is 90.8 cm³/mol. The van der Waals surface area contributed by atoms with Gasteiger partial charge in [0.2, 0.25) is 5.91 Å². The number of hydrogen-bond acceptors (Lipinski definition) is 4. The summed E-state index contributed by atoms with van der Waals surface area (Å²) in [5.41, 5.74) is 5.73. The highest BCUT2D eigenvalue weighted by atomic mass is 16.2. The fourth-order valence-electron chi connectivity index (χ4n) is 3.68. The van der Waals surface area contributed by atoms with Gasteiger partial charge >= 0.3 is 0 Å². The lowest BCUT2D eigenvalue weighted by molar-refractivity contribution is -0.133. The number of rotatable bonds is 6. The van der Waals surface area contributed by atoms with Crippen LogP contribution in [-0.4, -0.2) is 78.0 Å². The first-order chi connectivity index (χ1) is 10.5. The van der Waals surface area contributed by atoms with E-state index in [0.717, 1.165) is 51.2 Å². The number of nitrogens with zero attached hydrogens (tertiary/aromatic N) is 3. The second-order valence-electron chi connectivity index (χ2n) is 7.25. The van der Waals surface area contributed by atoms with Crippen molar-refractivity contribution in [3.8, 4) is 0 Å². The minimum Gasteiger partial charge on any atom is -0.340 e. The Bertz CT molecular complexity index is 343. The molecule has 128 valence electrons. The van der Waals surface area contributed by atoms with Gasteiger partial charge in [0, 0.05) is 63.8 Å². The lowest BCUT2D eigenvalue weighted by Crippen LogP contribution is -2.51. The fourth-order valence-corrected chi connectivity index (χ4v) is 3.68. The third-order valence-corrected chi connectivity index (χ3v) is 5.35. The second kappa shape index (κ2) is 8.27. The molecule has 0 bridgehead atoms. The average Bonchev–Trinajstić information content (AvgIpc) is 2.82. The highest BCUT2D eigenvalue weighted by Crippen LogP contribution is 2.22. The second-order valence-corrected chi connectivity index (χ2v) is 7.25. The molecule has 0 aromatic carbocycles. The van der Waals surface area contributed by atoms with E-state index in [1.54, 1.807) is 0 Å². The molecule has 0 aliphatic carbocycles. The Balaban J connectivity index is 1.65. The van der Waals surface area contributed by atoms with Gasteiger partial charge in [0.1, 0.15) is 0 Å². The van der Waals surface area contributed by atoms with E-state index in [1.807, 2.05) is 11.8 Å². The van der Waals surface area contributed by atoms with E-state index in [1.165, 1.54) is 19.4 Å². The minimum atomic E-state index is 0.120. The summed E-state index contributed by atoms with van der Waals surface area (Å²) < 4.78 is 0. The summed E-state index contributed by atoms with van der Waals surface area (Å²) in [6.45, 7) is 12.7. The predicted octanol–water partition coefficient (Wildman–Crippen LogP) is 1.13. The lowest BCUT2D eigenvalue weighted by atomic mass is 10.1. The summed E-state index contributed by atoms with van der Waals surface area (Å²) >= 11 is 0. The van der Waals surface area contributed by atoms with Crippen LogP contribution >= 0.6 is 0 Å². The van der Waals surface area contributed by atoms with Crippen LogP contribution in [0.25, 0.3) is 0 Å². The zero-order valence-electron chi connectivity index (χ0n) is 14.6. The van der Waals surface area contributed by atoms with Crippen molar-refractivity contribution in [3.05, 3.63) is 0 Å². The highest BCUT2D eigenvalue weighted by molar-refractivity contribution is 5.76. The molecule has 0 saturated carbocycles. The largest absolute Gasteiger partial charge is 0.340 e. The SMILES string of the molecule is CC(N)CCC(=O)N1CCN(CCN2C(C)CCC2C)CC1. The van der Waals surface area contributed by atoms with Gasteiger partial charge in [-0.25, -0.2) is 0 Å². The van der Waals surface area contributed by atoms with Gasteiger partial charge in [-0.15, -0.1) is 0 Å². The van der Waals surface area contributed by atoms with Crippen LogP contribution in [0.15, 0.2) is 0 Å². The summed E-state index contributed by atoms with van der Waals surface area (Å²) in [7, 11) is 0. The monoisotopic (exact) mass is 310 g/mol. The van der Waals surface area contributed by atoms with Crippen molar-refractivity contribution in [2.45, 2.75) is 64.6 Å². The Morgan fingerprint density at radius 3 is 2.23 bits per heavy atom. The summed E-state index contributed by atoms with van der Waals surface area (Å²) in [5.74, 6) is 0.277.